The van der Waals surface area contributed by atoms with Crippen LogP contribution < -0.4 is 11.1 Å². The summed E-state index contributed by atoms with van der Waals surface area (Å²) in [6.45, 7) is 0. The van der Waals surface area contributed by atoms with E-state index in [1.165, 1.54) is 6.33 Å². The van der Waals surface area contributed by atoms with Gasteiger partial charge in [-0.05, 0) is 6.42 Å². The van der Waals surface area contributed by atoms with Crippen LogP contribution in [0.15, 0.2) is 12.4 Å². The predicted molar refractivity (Wildman–Crippen MR) is 51.6 cm³/mol. The number of aromatic nitrogens is 2. The molecule has 0 bridgehead atoms. The molecule has 6 heteroatoms. The maximum atomic E-state index is 11.5. The summed E-state index contributed by atoms with van der Waals surface area (Å²) >= 11 is 0. The van der Waals surface area contributed by atoms with Crippen LogP contribution in [-0.4, -0.2) is 21.8 Å². The second kappa shape index (κ2) is 3.64. The van der Waals surface area contributed by atoms with Crippen molar-refractivity contribution in [1.82, 2.24) is 15.3 Å². The maximum Gasteiger partial charge on any atom is 0.235 e. The average Bonchev–Trinajstić information content (AvgIpc) is 2.17. The van der Waals surface area contributed by atoms with Gasteiger partial charge < -0.3 is 5.73 Å². The first kappa shape index (κ1) is 9.57. The van der Waals surface area contributed by atoms with Crippen molar-refractivity contribution in [3.8, 4) is 0 Å². The van der Waals surface area contributed by atoms with Crippen molar-refractivity contribution < 1.29 is 9.59 Å². The number of hydrogen-bond acceptors (Lipinski definition) is 5. The number of nitrogens with two attached hydrogens (primary N) is 1. The summed E-state index contributed by atoms with van der Waals surface area (Å²) in [4.78, 5) is 30.1. The Morgan fingerprint density at radius 3 is 2.87 bits per heavy atom. The number of imide groups is 1. The van der Waals surface area contributed by atoms with E-state index < -0.39 is 5.92 Å². The number of rotatable bonds is 1. The minimum atomic E-state index is -0.395. The van der Waals surface area contributed by atoms with Crippen molar-refractivity contribution in [1.29, 1.82) is 0 Å². The van der Waals surface area contributed by atoms with E-state index in [4.69, 9.17) is 5.73 Å². The molecule has 0 radical (unpaired) electrons. The zero-order valence-electron chi connectivity index (χ0n) is 7.93. The van der Waals surface area contributed by atoms with Gasteiger partial charge in [0.15, 0.2) is 0 Å². The van der Waals surface area contributed by atoms with Crippen LogP contribution in [0, 0.1) is 0 Å². The smallest absolute Gasteiger partial charge is 0.235 e. The standard InChI is InChI=1S/C9H10N4O2/c10-7-3-6(11-4-12-7)5-1-2-8(14)13-9(5)15/h3-5H,1-2H2,(H2,10,11,12)(H,13,14,15). The van der Waals surface area contributed by atoms with Gasteiger partial charge in [-0.15, -0.1) is 0 Å². The molecule has 0 spiro atoms. The Hall–Kier alpha value is -1.98. The summed E-state index contributed by atoms with van der Waals surface area (Å²) in [6.07, 6.45) is 2.12. The molecule has 0 saturated carbocycles. The third-order valence-corrected chi connectivity index (χ3v) is 2.31. The SMILES string of the molecule is Nc1cc(C2CCC(=O)NC2=O)ncn1. The second-order valence-corrected chi connectivity index (χ2v) is 3.37. The number of nitrogens with one attached hydrogen (secondary N) is 1. The molecule has 78 valence electrons. The number of amides is 2. The molecule has 1 saturated heterocycles. The molecule has 1 aromatic heterocycles. The van der Waals surface area contributed by atoms with Crippen molar-refractivity contribution >= 4 is 17.6 Å². The van der Waals surface area contributed by atoms with Crippen LogP contribution in [-0.2, 0) is 9.59 Å². The van der Waals surface area contributed by atoms with Crippen LogP contribution in [0.4, 0.5) is 5.82 Å². The van der Waals surface area contributed by atoms with E-state index in [9.17, 15) is 9.59 Å². The molecule has 1 aromatic rings. The van der Waals surface area contributed by atoms with Crippen LogP contribution in [0.25, 0.3) is 0 Å². The fourth-order valence-corrected chi connectivity index (χ4v) is 1.55. The van der Waals surface area contributed by atoms with Gasteiger partial charge in [-0.25, -0.2) is 9.97 Å². The Morgan fingerprint density at radius 2 is 2.20 bits per heavy atom. The first-order chi connectivity index (χ1) is 7.16. The van der Waals surface area contributed by atoms with Crippen LogP contribution in [0.1, 0.15) is 24.5 Å². The predicted octanol–water partition coefficient (Wildman–Crippen LogP) is -0.421. The van der Waals surface area contributed by atoms with E-state index >= 15 is 0 Å². The average molecular weight is 206 g/mol. The summed E-state index contributed by atoms with van der Waals surface area (Å²) in [5, 5.41) is 2.27. The Bertz CT molecular complexity index is 418. The van der Waals surface area contributed by atoms with Gasteiger partial charge in [-0.1, -0.05) is 0 Å². The van der Waals surface area contributed by atoms with E-state index in [2.05, 4.69) is 15.3 Å². The lowest BCUT2D eigenvalue weighted by atomic mass is 9.94. The van der Waals surface area contributed by atoms with E-state index in [1.54, 1.807) is 6.07 Å². The van der Waals surface area contributed by atoms with Crippen molar-refractivity contribution in [3.63, 3.8) is 0 Å². The van der Waals surface area contributed by atoms with Crippen molar-refractivity contribution in [2.75, 3.05) is 5.73 Å². The van der Waals surface area contributed by atoms with E-state index in [0.29, 0.717) is 24.4 Å². The van der Waals surface area contributed by atoms with Gasteiger partial charge in [0.1, 0.15) is 12.1 Å². The monoisotopic (exact) mass is 206 g/mol. The van der Waals surface area contributed by atoms with Crippen molar-refractivity contribution in [2.45, 2.75) is 18.8 Å². The molecule has 1 aliphatic rings. The van der Waals surface area contributed by atoms with Gasteiger partial charge in [-0.2, -0.15) is 0 Å². The molecular formula is C9H10N4O2. The van der Waals surface area contributed by atoms with Crippen LogP contribution in [0.2, 0.25) is 0 Å². The fraction of sp³-hybridized carbons (Fsp3) is 0.333. The quantitative estimate of drug-likeness (QED) is 0.608. The zero-order valence-corrected chi connectivity index (χ0v) is 7.93. The summed E-state index contributed by atoms with van der Waals surface area (Å²) in [5.74, 6) is -0.625. The second-order valence-electron chi connectivity index (χ2n) is 3.37. The lowest BCUT2D eigenvalue weighted by Gasteiger charge is -2.19. The van der Waals surface area contributed by atoms with Crippen LogP contribution in [0.3, 0.4) is 0 Å². The van der Waals surface area contributed by atoms with Gasteiger partial charge in [0.2, 0.25) is 11.8 Å². The Morgan fingerprint density at radius 1 is 1.40 bits per heavy atom. The molecule has 1 fully saturated rings. The molecule has 2 amide bonds. The van der Waals surface area contributed by atoms with Gasteiger partial charge in [-0.3, -0.25) is 14.9 Å². The molecule has 2 heterocycles. The van der Waals surface area contributed by atoms with E-state index in [0.717, 1.165) is 0 Å². The highest BCUT2D eigenvalue weighted by Crippen LogP contribution is 2.23. The fourth-order valence-electron chi connectivity index (χ4n) is 1.55. The van der Waals surface area contributed by atoms with Gasteiger partial charge in [0.25, 0.3) is 0 Å². The highest BCUT2D eigenvalue weighted by molar-refractivity contribution is 6.00. The van der Waals surface area contributed by atoms with Crippen molar-refractivity contribution in [3.05, 3.63) is 18.1 Å². The number of nitrogens with zero attached hydrogens (tertiary/aromatic N) is 2. The minimum absolute atomic E-state index is 0.238. The van der Waals surface area contributed by atoms with E-state index in [-0.39, 0.29) is 11.8 Å². The molecule has 0 aromatic carbocycles. The first-order valence-corrected chi connectivity index (χ1v) is 4.58. The number of carbonyl (C=O) groups is 2. The maximum absolute atomic E-state index is 11.5. The molecule has 1 unspecified atom stereocenters. The highest BCUT2D eigenvalue weighted by atomic mass is 16.2. The molecule has 2 rings (SSSR count). The van der Waals surface area contributed by atoms with Gasteiger partial charge in [0.05, 0.1) is 11.6 Å². The zero-order chi connectivity index (χ0) is 10.8. The molecule has 3 N–H and O–H groups in total. The molecule has 15 heavy (non-hydrogen) atoms. The molecule has 1 aliphatic heterocycles. The summed E-state index contributed by atoms with van der Waals surface area (Å²) in [6, 6.07) is 1.56. The lowest BCUT2D eigenvalue weighted by Crippen LogP contribution is -2.39. The number of hydrogen-bond donors (Lipinski definition) is 2. The third-order valence-electron chi connectivity index (χ3n) is 2.31. The molecule has 0 aliphatic carbocycles. The number of anilines is 1. The first-order valence-electron chi connectivity index (χ1n) is 4.58. The normalized spacial score (nSPS) is 21.2. The van der Waals surface area contributed by atoms with Gasteiger partial charge >= 0.3 is 0 Å². The van der Waals surface area contributed by atoms with Crippen LogP contribution >= 0.6 is 0 Å². The largest absolute Gasteiger partial charge is 0.384 e. The topological polar surface area (TPSA) is 98.0 Å². The third kappa shape index (κ3) is 1.93. The Kier molecular flexibility index (Phi) is 2.32. The van der Waals surface area contributed by atoms with E-state index in [1.807, 2.05) is 0 Å². The summed E-state index contributed by atoms with van der Waals surface area (Å²) < 4.78 is 0. The highest BCUT2D eigenvalue weighted by Gasteiger charge is 2.28. The molecular weight excluding hydrogens is 196 g/mol. The molecule has 6 nitrogen and oxygen atoms in total. The lowest BCUT2D eigenvalue weighted by molar-refractivity contribution is -0.134. The Labute approximate surface area is 85.9 Å². The van der Waals surface area contributed by atoms with Crippen molar-refractivity contribution in [2.24, 2.45) is 0 Å². The van der Waals surface area contributed by atoms with Gasteiger partial charge in [0, 0.05) is 12.5 Å². The molecule has 1 atom stereocenters. The minimum Gasteiger partial charge on any atom is -0.384 e. The summed E-state index contributed by atoms with van der Waals surface area (Å²) in [5.41, 5.74) is 6.05. The summed E-state index contributed by atoms with van der Waals surface area (Å²) in [7, 11) is 0. The Balaban J connectivity index is 2.24. The number of nitrogen functional groups attached to an aromatic ring is 1. The number of piperidine rings is 1. The number of carbonyl (C=O) groups excluding carboxylic acids is 2. The van der Waals surface area contributed by atoms with Crippen LogP contribution in [0.5, 0.6) is 0 Å².